The average Bonchev–Trinajstić information content (AvgIpc) is 2.60. The molecule has 2 aromatic carbocycles. The topological polar surface area (TPSA) is 73.6 Å². The van der Waals surface area contributed by atoms with Gasteiger partial charge in [0.1, 0.15) is 11.3 Å². The molecule has 2 aromatic rings. The monoisotopic (exact) mass is 434 g/mol. The fraction of sp³-hybridized carbons (Fsp3) is 0.278. The molecule has 0 spiro atoms. The van der Waals surface area contributed by atoms with Crippen LogP contribution in [0.3, 0.4) is 0 Å². The Kier molecular flexibility index (Phi) is 7.31. The van der Waals surface area contributed by atoms with Gasteiger partial charge in [-0.25, -0.2) is 4.39 Å². The lowest BCUT2D eigenvalue weighted by Crippen LogP contribution is -2.54. The molecule has 0 aliphatic carbocycles. The van der Waals surface area contributed by atoms with Crippen LogP contribution in [0.5, 0.6) is 11.5 Å². The largest absolute Gasteiger partial charge is 0.453 e. The van der Waals surface area contributed by atoms with E-state index in [0.29, 0.717) is 36.8 Å². The van der Waals surface area contributed by atoms with E-state index < -0.39 is 11.4 Å². The number of ether oxygens (including phenoxy) is 2. The predicted octanol–water partition coefficient (Wildman–Crippen LogP) is 4.79. The maximum Gasteiger partial charge on any atom is 0.244 e. The minimum atomic E-state index is -1.01. The second kappa shape index (κ2) is 9.08. The summed E-state index contributed by atoms with van der Waals surface area (Å²) in [5.74, 6) is -0.767. The molecule has 1 heterocycles. The molecular formula is C18H18Cl3FN2O3. The first-order chi connectivity index (χ1) is 12.4. The van der Waals surface area contributed by atoms with Crippen LogP contribution in [0, 0.1) is 5.82 Å². The van der Waals surface area contributed by atoms with E-state index in [0.717, 1.165) is 0 Å². The van der Waals surface area contributed by atoms with Gasteiger partial charge in [-0.15, -0.1) is 12.4 Å². The van der Waals surface area contributed by atoms with Crippen molar-refractivity contribution in [2.45, 2.75) is 18.4 Å². The Morgan fingerprint density at radius 2 is 1.81 bits per heavy atom. The highest BCUT2D eigenvalue weighted by Crippen LogP contribution is 2.33. The Hall–Kier alpha value is -1.57. The maximum atomic E-state index is 14.3. The molecule has 0 atom stereocenters. The zero-order chi connectivity index (χ0) is 18.7. The molecule has 0 unspecified atom stereocenters. The number of amides is 1. The third-order valence-electron chi connectivity index (χ3n) is 4.14. The van der Waals surface area contributed by atoms with E-state index in [-0.39, 0.29) is 34.8 Å². The highest BCUT2D eigenvalue weighted by atomic mass is 35.5. The van der Waals surface area contributed by atoms with Gasteiger partial charge in [-0.3, -0.25) is 4.79 Å². The molecule has 1 saturated heterocycles. The molecule has 1 amide bonds. The molecule has 0 radical (unpaired) electrons. The van der Waals surface area contributed by atoms with Crippen molar-refractivity contribution in [2.75, 3.05) is 18.5 Å². The molecule has 146 valence electrons. The van der Waals surface area contributed by atoms with Gasteiger partial charge in [-0.05, 0) is 43.2 Å². The van der Waals surface area contributed by atoms with E-state index in [2.05, 4.69) is 5.32 Å². The highest BCUT2D eigenvalue weighted by molar-refractivity contribution is 6.35. The molecule has 5 nitrogen and oxygen atoms in total. The van der Waals surface area contributed by atoms with Crippen LogP contribution >= 0.6 is 35.6 Å². The van der Waals surface area contributed by atoms with Crippen LogP contribution in [0.25, 0.3) is 0 Å². The number of carbonyl (C=O) groups is 1. The Balaban J connectivity index is 0.00000261. The summed E-state index contributed by atoms with van der Waals surface area (Å²) in [5, 5.41) is 3.36. The van der Waals surface area contributed by atoms with Crippen LogP contribution in [0.15, 0.2) is 36.4 Å². The summed E-state index contributed by atoms with van der Waals surface area (Å²) in [7, 11) is 0. The number of anilines is 1. The second-order valence-electron chi connectivity index (χ2n) is 6.04. The molecule has 1 aliphatic rings. The van der Waals surface area contributed by atoms with E-state index in [1.807, 2.05) is 0 Å². The van der Waals surface area contributed by atoms with Crippen molar-refractivity contribution in [2.24, 2.45) is 5.73 Å². The maximum absolute atomic E-state index is 14.3. The van der Waals surface area contributed by atoms with Crippen LogP contribution in [0.4, 0.5) is 10.1 Å². The van der Waals surface area contributed by atoms with Crippen molar-refractivity contribution in [3.63, 3.8) is 0 Å². The number of carbonyl (C=O) groups excluding carboxylic acids is 1. The number of rotatable bonds is 4. The quantitative estimate of drug-likeness (QED) is 0.724. The number of benzene rings is 2. The van der Waals surface area contributed by atoms with Gasteiger partial charge >= 0.3 is 0 Å². The van der Waals surface area contributed by atoms with Crippen molar-refractivity contribution < 1.29 is 18.7 Å². The number of hydrogen-bond acceptors (Lipinski definition) is 4. The Labute approximate surface area is 172 Å². The van der Waals surface area contributed by atoms with Gasteiger partial charge in [0, 0.05) is 30.0 Å². The molecule has 3 rings (SSSR count). The van der Waals surface area contributed by atoms with Crippen LogP contribution in [0.1, 0.15) is 12.8 Å². The van der Waals surface area contributed by atoms with Gasteiger partial charge in [-0.2, -0.15) is 0 Å². The van der Waals surface area contributed by atoms with Crippen molar-refractivity contribution in [1.29, 1.82) is 0 Å². The summed E-state index contributed by atoms with van der Waals surface area (Å²) < 4.78 is 25.0. The Morgan fingerprint density at radius 3 is 2.44 bits per heavy atom. The summed E-state index contributed by atoms with van der Waals surface area (Å²) in [4.78, 5) is 12.4. The Bertz CT molecular complexity index is 829. The summed E-state index contributed by atoms with van der Waals surface area (Å²) in [6.45, 7) is 0.847. The number of nitrogens with one attached hydrogen (secondary N) is 1. The predicted molar refractivity (Wildman–Crippen MR) is 106 cm³/mol. The SMILES string of the molecule is Cl.NC1(C(=O)Nc2ccc(Oc3ccc(Cl)cc3Cl)c(F)c2)CCOCC1. The van der Waals surface area contributed by atoms with Gasteiger partial charge in [-0.1, -0.05) is 23.2 Å². The third-order valence-corrected chi connectivity index (χ3v) is 4.67. The lowest BCUT2D eigenvalue weighted by atomic mass is 9.90. The van der Waals surface area contributed by atoms with Crippen molar-refractivity contribution in [3.05, 3.63) is 52.3 Å². The van der Waals surface area contributed by atoms with E-state index in [9.17, 15) is 9.18 Å². The van der Waals surface area contributed by atoms with E-state index in [4.69, 9.17) is 38.4 Å². The molecule has 1 fully saturated rings. The second-order valence-corrected chi connectivity index (χ2v) is 6.89. The van der Waals surface area contributed by atoms with Crippen LogP contribution in [0.2, 0.25) is 10.0 Å². The zero-order valence-electron chi connectivity index (χ0n) is 14.1. The smallest absolute Gasteiger partial charge is 0.244 e. The fourth-order valence-corrected chi connectivity index (χ4v) is 3.00. The van der Waals surface area contributed by atoms with Gasteiger partial charge in [0.05, 0.1) is 5.02 Å². The minimum Gasteiger partial charge on any atom is -0.453 e. The van der Waals surface area contributed by atoms with Crippen molar-refractivity contribution in [3.8, 4) is 11.5 Å². The van der Waals surface area contributed by atoms with Gasteiger partial charge < -0.3 is 20.5 Å². The lowest BCUT2D eigenvalue weighted by Gasteiger charge is -2.31. The van der Waals surface area contributed by atoms with Gasteiger partial charge in [0.15, 0.2) is 11.6 Å². The van der Waals surface area contributed by atoms with E-state index in [1.165, 1.54) is 24.3 Å². The number of halogens is 4. The standard InChI is InChI=1S/C18H17Cl2FN2O3.ClH/c19-11-1-3-15(13(20)9-11)26-16-4-2-12(10-14(16)21)23-17(24)18(22)5-7-25-8-6-18;/h1-4,9-10H,5-8,22H2,(H,23,24);1H. The van der Waals surface area contributed by atoms with Crippen molar-refractivity contribution >= 4 is 47.2 Å². The van der Waals surface area contributed by atoms with Crippen LogP contribution < -0.4 is 15.8 Å². The lowest BCUT2D eigenvalue weighted by molar-refractivity contribution is -0.124. The number of nitrogens with two attached hydrogens (primary N) is 1. The molecule has 0 bridgehead atoms. The summed E-state index contributed by atoms with van der Waals surface area (Å²) >= 11 is 11.8. The summed E-state index contributed by atoms with van der Waals surface area (Å²) in [6, 6.07) is 8.73. The third kappa shape index (κ3) is 5.24. The Morgan fingerprint density at radius 1 is 1.15 bits per heavy atom. The first-order valence-electron chi connectivity index (χ1n) is 7.98. The summed E-state index contributed by atoms with van der Waals surface area (Å²) in [5.41, 5.74) is 5.39. The first kappa shape index (κ1) is 21.7. The number of hydrogen-bond donors (Lipinski definition) is 2. The van der Waals surface area contributed by atoms with Gasteiger partial charge in [0.2, 0.25) is 5.91 Å². The van der Waals surface area contributed by atoms with Gasteiger partial charge in [0.25, 0.3) is 0 Å². The zero-order valence-corrected chi connectivity index (χ0v) is 16.5. The molecule has 9 heteroatoms. The first-order valence-corrected chi connectivity index (χ1v) is 8.73. The molecule has 3 N–H and O–H groups in total. The average molecular weight is 436 g/mol. The van der Waals surface area contributed by atoms with Crippen LogP contribution in [-0.4, -0.2) is 24.7 Å². The molecular weight excluding hydrogens is 418 g/mol. The fourth-order valence-electron chi connectivity index (χ4n) is 2.56. The normalized spacial score (nSPS) is 15.6. The molecule has 1 aliphatic heterocycles. The van der Waals surface area contributed by atoms with E-state index in [1.54, 1.807) is 12.1 Å². The minimum absolute atomic E-state index is 0. The molecule has 27 heavy (non-hydrogen) atoms. The molecule has 0 saturated carbocycles. The van der Waals surface area contributed by atoms with Crippen LogP contribution in [-0.2, 0) is 9.53 Å². The van der Waals surface area contributed by atoms with E-state index >= 15 is 0 Å². The highest BCUT2D eigenvalue weighted by Gasteiger charge is 2.36. The van der Waals surface area contributed by atoms with Crippen molar-refractivity contribution in [1.82, 2.24) is 0 Å². The molecule has 0 aromatic heterocycles. The summed E-state index contributed by atoms with van der Waals surface area (Å²) in [6.07, 6.45) is 0.829.